The molecule has 23 heavy (non-hydrogen) atoms. The topological polar surface area (TPSA) is 59.6 Å². The monoisotopic (exact) mass is 330 g/mol. The van der Waals surface area contributed by atoms with E-state index in [4.69, 9.17) is 9.47 Å². The summed E-state index contributed by atoms with van der Waals surface area (Å²) in [7, 11) is 1.54. The van der Waals surface area contributed by atoms with Gasteiger partial charge in [0.1, 0.15) is 11.4 Å². The molecule has 0 aliphatic heterocycles. The average molecular weight is 330 g/mol. The highest BCUT2D eigenvalue weighted by molar-refractivity contribution is 5.67. The molecule has 0 heterocycles. The SMILES string of the molecule is COc1cccc(CNCC(F)(F)CNC(=O)OC(C)(C)C)c1. The van der Waals surface area contributed by atoms with Gasteiger partial charge in [0.25, 0.3) is 5.92 Å². The Kier molecular flexibility index (Phi) is 6.75. The van der Waals surface area contributed by atoms with E-state index >= 15 is 0 Å². The zero-order valence-corrected chi connectivity index (χ0v) is 13.9. The minimum Gasteiger partial charge on any atom is -0.497 e. The third kappa shape index (κ3) is 8.35. The highest BCUT2D eigenvalue weighted by Gasteiger charge is 2.30. The molecule has 0 spiro atoms. The number of nitrogens with one attached hydrogen (secondary N) is 2. The summed E-state index contributed by atoms with van der Waals surface area (Å²) in [6, 6.07) is 7.15. The van der Waals surface area contributed by atoms with Gasteiger partial charge in [-0.2, -0.15) is 0 Å². The predicted octanol–water partition coefficient (Wildman–Crippen LogP) is 2.94. The van der Waals surface area contributed by atoms with Crippen LogP contribution in [0.1, 0.15) is 26.3 Å². The lowest BCUT2D eigenvalue weighted by Gasteiger charge is -2.22. The molecule has 0 saturated carbocycles. The zero-order chi connectivity index (χ0) is 17.5. The van der Waals surface area contributed by atoms with E-state index in [1.54, 1.807) is 46.1 Å². The van der Waals surface area contributed by atoms with Crippen molar-refractivity contribution in [2.24, 2.45) is 0 Å². The quantitative estimate of drug-likeness (QED) is 0.807. The van der Waals surface area contributed by atoms with Crippen molar-refractivity contribution in [2.45, 2.75) is 38.8 Å². The fraction of sp³-hybridized carbons (Fsp3) is 0.562. The van der Waals surface area contributed by atoms with Gasteiger partial charge < -0.3 is 20.1 Å². The summed E-state index contributed by atoms with van der Waals surface area (Å²) in [4.78, 5) is 11.4. The van der Waals surface area contributed by atoms with Crippen LogP contribution in [0, 0.1) is 0 Å². The molecule has 1 amide bonds. The van der Waals surface area contributed by atoms with Gasteiger partial charge in [-0.05, 0) is 38.5 Å². The van der Waals surface area contributed by atoms with Crippen molar-refractivity contribution in [2.75, 3.05) is 20.2 Å². The Morgan fingerprint density at radius 1 is 1.22 bits per heavy atom. The number of benzene rings is 1. The number of carbonyl (C=O) groups is 1. The largest absolute Gasteiger partial charge is 0.497 e. The lowest BCUT2D eigenvalue weighted by molar-refractivity contribution is -0.00376. The summed E-state index contributed by atoms with van der Waals surface area (Å²) in [6.45, 7) is 3.94. The van der Waals surface area contributed by atoms with Gasteiger partial charge in [-0.3, -0.25) is 0 Å². The van der Waals surface area contributed by atoms with Gasteiger partial charge in [0.15, 0.2) is 0 Å². The molecule has 130 valence electrons. The van der Waals surface area contributed by atoms with Gasteiger partial charge in [-0.25, -0.2) is 13.6 Å². The van der Waals surface area contributed by atoms with Crippen LogP contribution in [0.5, 0.6) is 5.75 Å². The molecule has 0 fully saturated rings. The van der Waals surface area contributed by atoms with Crippen molar-refractivity contribution in [1.82, 2.24) is 10.6 Å². The first-order valence-corrected chi connectivity index (χ1v) is 7.30. The maximum atomic E-state index is 13.7. The summed E-state index contributed by atoms with van der Waals surface area (Å²) < 4.78 is 37.4. The van der Waals surface area contributed by atoms with E-state index < -0.39 is 30.7 Å². The van der Waals surface area contributed by atoms with Gasteiger partial charge in [-0.1, -0.05) is 12.1 Å². The Labute approximate surface area is 135 Å². The minimum absolute atomic E-state index is 0.277. The number of carbonyl (C=O) groups excluding carboxylic acids is 1. The van der Waals surface area contributed by atoms with Crippen LogP contribution >= 0.6 is 0 Å². The van der Waals surface area contributed by atoms with Gasteiger partial charge in [0.05, 0.1) is 20.2 Å². The zero-order valence-electron chi connectivity index (χ0n) is 13.9. The summed E-state index contributed by atoms with van der Waals surface area (Å²) >= 11 is 0. The maximum absolute atomic E-state index is 13.7. The molecule has 7 heteroatoms. The van der Waals surface area contributed by atoms with E-state index in [2.05, 4.69) is 10.6 Å². The maximum Gasteiger partial charge on any atom is 0.407 e. The molecule has 1 rings (SSSR count). The third-order valence-corrected chi connectivity index (χ3v) is 2.74. The minimum atomic E-state index is -3.07. The van der Waals surface area contributed by atoms with Crippen LogP contribution in [0.25, 0.3) is 0 Å². The predicted molar refractivity (Wildman–Crippen MR) is 83.9 cm³/mol. The van der Waals surface area contributed by atoms with Crippen LogP contribution in [0.4, 0.5) is 13.6 Å². The van der Waals surface area contributed by atoms with E-state index in [0.717, 1.165) is 5.56 Å². The van der Waals surface area contributed by atoms with Crippen LogP contribution in [0.2, 0.25) is 0 Å². The Balaban J connectivity index is 2.36. The van der Waals surface area contributed by atoms with E-state index in [0.29, 0.717) is 5.75 Å². The van der Waals surface area contributed by atoms with Crippen LogP contribution in [-0.2, 0) is 11.3 Å². The Morgan fingerprint density at radius 3 is 2.52 bits per heavy atom. The third-order valence-electron chi connectivity index (χ3n) is 2.74. The lowest BCUT2D eigenvalue weighted by Crippen LogP contribution is -2.44. The summed E-state index contributed by atoms with van der Waals surface area (Å²) in [5.74, 6) is -2.40. The van der Waals surface area contributed by atoms with Crippen LogP contribution < -0.4 is 15.4 Å². The summed E-state index contributed by atoms with van der Waals surface area (Å²) in [5.41, 5.74) is 0.115. The van der Waals surface area contributed by atoms with Crippen LogP contribution in [-0.4, -0.2) is 37.8 Å². The second-order valence-corrected chi connectivity index (χ2v) is 6.17. The van der Waals surface area contributed by atoms with Crippen molar-refractivity contribution in [3.63, 3.8) is 0 Å². The first-order chi connectivity index (χ1) is 10.6. The second kappa shape index (κ2) is 8.10. The number of hydrogen-bond donors (Lipinski definition) is 2. The van der Waals surface area contributed by atoms with Crippen LogP contribution in [0.15, 0.2) is 24.3 Å². The van der Waals surface area contributed by atoms with Crippen molar-refractivity contribution >= 4 is 6.09 Å². The van der Waals surface area contributed by atoms with Gasteiger partial charge >= 0.3 is 6.09 Å². The summed E-state index contributed by atoms with van der Waals surface area (Å²) in [5, 5.41) is 4.74. The number of alkyl carbamates (subject to hydrolysis) is 1. The highest BCUT2D eigenvalue weighted by Crippen LogP contribution is 2.14. The van der Waals surface area contributed by atoms with Crippen molar-refractivity contribution < 1.29 is 23.0 Å². The van der Waals surface area contributed by atoms with E-state index in [1.165, 1.54) is 0 Å². The molecular weight excluding hydrogens is 306 g/mol. The number of hydrogen-bond acceptors (Lipinski definition) is 4. The second-order valence-electron chi connectivity index (χ2n) is 6.17. The van der Waals surface area contributed by atoms with Crippen LogP contribution in [0.3, 0.4) is 0 Å². The Bertz CT molecular complexity index is 516. The number of amides is 1. The molecule has 0 atom stereocenters. The smallest absolute Gasteiger partial charge is 0.407 e. The van der Waals surface area contributed by atoms with Crippen molar-refractivity contribution in [3.8, 4) is 5.75 Å². The number of ether oxygens (including phenoxy) is 2. The lowest BCUT2D eigenvalue weighted by atomic mass is 10.2. The molecule has 1 aromatic rings. The number of halogens is 2. The summed E-state index contributed by atoms with van der Waals surface area (Å²) in [6.07, 6.45) is -0.857. The average Bonchev–Trinajstić information content (AvgIpc) is 2.44. The molecular formula is C16H24F2N2O3. The first kappa shape index (κ1) is 19.2. The molecule has 0 unspecified atom stereocenters. The molecule has 5 nitrogen and oxygen atoms in total. The molecule has 0 aliphatic carbocycles. The highest BCUT2D eigenvalue weighted by atomic mass is 19.3. The number of rotatable bonds is 7. The molecule has 0 bridgehead atoms. The number of alkyl halides is 2. The molecule has 0 saturated heterocycles. The molecule has 1 aromatic carbocycles. The van der Waals surface area contributed by atoms with E-state index in [1.807, 2.05) is 6.07 Å². The van der Waals surface area contributed by atoms with Crippen molar-refractivity contribution in [1.29, 1.82) is 0 Å². The fourth-order valence-corrected chi connectivity index (χ4v) is 1.75. The van der Waals surface area contributed by atoms with E-state index in [9.17, 15) is 13.6 Å². The molecule has 0 aromatic heterocycles. The first-order valence-electron chi connectivity index (χ1n) is 7.30. The van der Waals surface area contributed by atoms with Crippen molar-refractivity contribution in [3.05, 3.63) is 29.8 Å². The fourth-order valence-electron chi connectivity index (χ4n) is 1.75. The Morgan fingerprint density at radius 2 is 1.91 bits per heavy atom. The van der Waals surface area contributed by atoms with Gasteiger partial charge in [0, 0.05) is 6.54 Å². The Hall–Kier alpha value is -1.89. The number of methoxy groups -OCH3 is 1. The standard InChI is InChI=1S/C16H24F2N2O3/c1-15(2,3)23-14(21)20-11-16(17,18)10-19-9-12-6-5-7-13(8-12)22-4/h5-8,19H,9-11H2,1-4H3,(H,20,21). The normalized spacial score (nSPS) is 11.9. The molecule has 0 aliphatic rings. The molecule has 2 N–H and O–H groups in total. The van der Waals surface area contributed by atoms with Gasteiger partial charge in [-0.15, -0.1) is 0 Å². The van der Waals surface area contributed by atoms with E-state index in [-0.39, 0.29) is 6.54 Å². The molecule has 0 radical (unpaired) electrons. The van der Waals surface area contributed by atoms with Gasteiger partial charge in [0.2, 0.25) is 0 Å².